The third-order valence-corrected chi connectivity index (χ3v) is 6.13. The maximum atomic E-state index is 4.73. The van der Waals surface area contributed by atoms with Crippen molar-refractivity contribution in [3.05, 3.63) is 69.6 Å². The van der Waals surface area contributed by atoms with Crippen LogP contribution in [0, 0.1) is 13.8 Å². The van der Waals surface area contributed by atoms with Crippen LogP contribution in [0.1, 0.15) is 27.7 Å². The summed E-state index contributed by atoms with van der Waals surface area (Å²) in [7, 11) is 1.96. The van der Waals surface area contributed by atoms with Gasteiger partial charge in [-0.1, -0.05) is 18.2 Å². The van der Waals surface area contributed by atoms with E-state index in [-0.39, 0.29) is 0 Å². The maximum absolute atomic E-state index is 4.73. The molecule has 0 atom stereocenters. The van der Waals surface area contributed by atoms with Crippen molar-refractivity contribution in [1.82, 2.24) is 30.4 Å². The monoisotopic (exact) mass is 421 g/mol. The summed E-state index contributed by atoms with van der Waals surface area (Å²) in [5.74, 6) is 2.51. The van der Waals surface area contributed by atoms with E-state index in [1.165, 1.54) is 26.9 Å². The van der Waals surface area contributed by atoms with Crippen LogP contribution < -0.4 is 10.6 Å². The minimum atomic E-state index is 0.476. The molecule has 0 bridgehead atoms. The minimum absolute atomic E-state index is 0.476. The lowest BCUT2D eigenvalue weighted by Gasteiger charge is -2.12. The van der Waals surface area contributed by atoms with Gasteiger partial charge in [0.1, 0.15) is 12.4 Å². The Labute approximate surface area is 180 Å². The molecule has 0 aliphatic heterocycles. The van der Waals surface area contributed by atoms with Crippen LogP contribution in [0.3, 0.4) is 0 Å². The molecule has 0 fully saturated rings. The Balaban J connectivity index is 1.43. The molecule has 0 spiro atoms. The molecule has 156 valence electrons. The molecule has 0 amide bonds. The Morgan fingerprint density at radius 1 is 1.17 bits per heavy atom. The van der Waals surface area contributed by atoms with Crippen molar-refractivity contribution < 1.29 is 0 Å². The van der Waals surface area contributed by atoms with Gasteiger partial charge < -0.3 is 20.2 Å². The number of hydrogen-bond acceptors (Lipinski definition) is 4. The molecule has 3 heterocycles. The number of benzene rings is 1. The lowest BCUT2D eigenvalue weighted by Crippen LogP contribution is -2.38. The van der Waals surface area contributed by atoms with Gasteiger partial charge in [-0.25, -0.2) is 4.99 Å². The van der Waals surface area contributed by atoms with Crippen molar-refractivity contribution in [1.29, 1.82) is 0 Å². The summed E-state index contributed by atoms with van der Waals surface area (Å²) in [6.45, 7) is 6.11. The lowest BCUT2D eigenvalue weighted by atomic mass is 10.1. The van der Waals surface area contributed by atoms with Gasteiger partial charge in [0.05, 0.1) is 6.54 Å². The van der Waals surface area contributed by atoms with E-state index >= 15 is 0 Å². The number of aromatic amines is 1. The molecular weight excluding hydrogens is 394 g/mol. The molecule has 30 heavy (non-hydrogen) atoms. The largest absolute Gasteiger partial charge is 0.361 e. The van der Waals surface area contributed by atoms with Crippen molar-refractivity contribution >= 4 is 28.2 Å². The topological polar surface area (TPSA) is 82.9 Å². The van der Waals surface area contributed by atoms with E-state index in [2.05, 4.69) is 74.6 Å². The van der Waals surface area contributed by atoms with Crippen molar-refractivity contribution in [3.63, 3.8) is 0 Å². The van der Waals surface area contributed by atoms with Gasteiger partial charge in [0.25, 0.3) is 0 Å². The summed E-state index contributed by atoms with van der Waals surface area (Å²) in [4.78, 5) is 9.38. The number of aliphatic imine (C=N–C) groups is 1. The van der Waals surface area contributed by atoms with E-state index < -0.39 is 0 Å². The molecule has 3 aromatic heterocycles. The fraction of sp³-hybridized carbons (Fsp3) is 0.318. The van der Waals surface area contributed by atoms with E-state index in [1.807, 2.05) is 18.5 Å². The maximum Gasteiger partial charge on any atom is 0.192 e. The molecule has 1 aromatic carbocycles. The number of aryl methyl sites for hydroxylation is 2. The zero-order valence-corrected chi connectivity index (χ0v) is 18.4. The number of nitrogens with zero attached hydrogens (tertiary/aromatic N) is 4. The molecule has 0 radical (unpaired) electrons. The van der Waals surface area contributed by atoms with Gasteiger partial charge in [0.2, 0.25) is 0 Å². The molecular formula is C22H27N7S. The molecule has 0 unspecified atom stereocenters. The fourth-order valence-electron chi connectivity index (χ4n) is 3.46. The predicted octanol–water partition coefficient (Wildman–Crippen LogP) is 3.45. The number of hydrogen-bond donors (Lipinski definition) is 3. The van der Waals surface area contributed by atoms with Gasteiger partial charge in [0.15, 0.2) is 11.8 Å². The summed E-state index contributed by atoms with van der Waals surface area (Å²) < 4.78 is 1.97. The van der Waals surface area contributed by atoms with Crippen LogP contribution in [0.15, 0.2) is 46.9 Å². The SMILES string of the molecule is Cc1cccc2[nH]cc(CCNC(=NCc3nnc(C)n3C)NCc3cccs3)c12. The van der Waals surface area contributed by atoms with Gasteiger partial charge in [-0.2, -0.15) is 0 Å². The highest BCUT2D eigenvalue weighted by Crippen LogP contribution is 2.22. The fourth-order valence-corrected chi connectivity index (χ4v) is 4.11. The predicted molar refractivity (Wildman–Crippen MR) is 123 cm³/mol. The average molecular weight is 422 g/mol. The number of rotatable bonds is 7. The zero-order valence-electron chi connectivity index (χ0n) is 17.6. The van der Waals surface area contributed by atoms with Gasteiger partial charge in [-0.05, 0) is 48.9 Å². The van der Waals surface area contributed by atoms with Crippen molar-refractivity contribution in [2.75, 3.05) is 6.54 Å². The summed E-state index contributed by atoms with van der Waals surface area (Å²) in [5.41, 5.74) is 3.80. The highest BCUT2D eigenvalue weighted by molar-refractivity contribution is 7.09. The quantitative estimate of drug-likeness (QED) is 0.315. The first-order chi connectivity index (χ1) is 14.6. The molecule has 7 nitrogen and oxygen atoms in total. The number of thiophene rings is 1. The first kappa shape index (κ1) is 20.2. The van der Waals surface area contributed by atoms with Gasteiger partial charge in [-0.3, -0.25) is 0 Å². The number of H-pyrrole nitrogens is 1. The van der Waals surface area contributed by atoms with Gasteiger partial charge in [0, 0.05) is 35.6 Å². The van der Waals surface area contributed by atoms with Crippen molar-refractivity contribution in [2.24, 2.45) is 12.0 Å². The van der Waals surface area contributed by atoms with E-state index in [1.54, 1.807) is 11.3 Å². The first-order valence-electron chi connectivity index (χ1n) is 10.1. The molecule has 0 saturated heterocycles. The molecule has 4 aromatic rings. The smallest absolute Gasteiger partial charge is 0.192 e. The molecule has 3 N–H and O–H groups in total. The van der Waals surface area contributed by atoms with Crippen LogP contribution >= 0.6 is 11.3 Å². The molecule has 0 aliphatic carbocycles. The van der Waals surface area contributed by atoms with Gasteiger partial charge in [-0.15, -0.1) is 21.5 Å². The number of nitrogens with one attached hydrogen (secondary N) is 3. The Kier molecular flexibility index (Phi) is 6.13. The summed E-state index contributed by atoms with van der Waals surface area (Å²) in [5, 5.41) is 18.6. The van der Waals surface area contributed by atoms with E-state index in [0.717, 1.165) is 37.1 Å². The van der Waals surface area contributed by atoms with Crippen LogP contribution in [0.5, 0.6) is 0 Å². The Bertz CT molecular complexity index is 1140. The summed E-state index contributed by atoms with van der Waals surface area (Å²) in [6, 6.07) is 10.6. The van der Waals surface area contributed by atoms with Crippen LogP contribution in [0.4, 0.5) is 0 Å². The summed E-state index contributed by atoms with van der Waals surface area (Å²) >= 11 is 1.73. The highest BCUT2D eigenvalue weighted by Gasteiger charge is 2.08. The Morgan fingerprint density at radius 2 is 2.07 bits per heavy atom. The second-order valence-electron chi connectivity index (χ2n) is 7.31. The highest BCUT2D eigenvalue weighted by atomic mass is 32.1. The normalized spacial score (nSPS) is 11.9. The zero-order chi connectivity index (χ0) is 20.9. The van der Waals surface area contributed by atoms with Crippen molar-refractivity contribution in [3.8, 4) is 0 Å². The van der Waals surface area contributed by atoms with Crippen LogP contribution in [0.2, 0.25) is 0 Å². The second kappa shape index (κ2) is 9.13. The lowest BCUT2D eigenvalue weighted by molar-refractivity contribution is 0.750. The standard InChI is InChI=1S/C22H27N7S/c1-15-6-4-8-19-21(15)17(12-24-19)9-10-23-22(25-13-18-7-5-11-30-18)26-14-20-28-27-16(2)29(20)3/h4-8,11-12,24H,9-10,13-14H2,1-3H3,(H2,23,25,26). The molecule has 8 heteroatoms. The van der Waals surface area contributed by atoms with E-state index in [4.69, 9.17) is 4.99 Å². The third kappa shape index (κ3) is 4.54. The van der Waals surface area contributed by atoms with Crippen LogP contribution in [0.25, 0.3) is 10.9 Å². The van der Waals surface area contributed by atoms with E-state index in [0.29, 0.717) is 6.54 Å². The third-order valence-electron chi connectivity index (χ3n) is 5.25. The number of fused-ring (bicyclic) bond motifs is 1. The molecule has 0 aliphatic rings. The van der Waals surface area contributed by atoms with Crippen LogP contribution in [-0.2, 0) is 26.6 Å². The Hall–Kier alpha value is -3.13. The average Bonchev–Trinajstić information content (AvgIpc) is 3.47. The van der Waals surface area contributed by atoms with Crippen molar-refractivity contribution in [2.45, 2.75) is 33.4 Å². The Morgan fingerprint density at radius 3 is 2.83 bits per heavy atom. The summed E-state index contributed by atoms with van der Waals surface area (Å²) in [6.07, 6.45) is 3.02. The number of aromatic nitrogens is 4. The molecule has 4 rings (SSSR count). The van der Waals surface area contributed by atoms with Crippen LogP contribution in [-0.4, -0.2) is 32.3 Å². The van der Waals surface area contributed by atoms with E-state index in [9.17, 15) is 0 Å². The number of guanidine groups is 1. The second-order valence-corrected chi connectivity index (χ2v) is 8.34. The molecule has 0 saturated carbocycles. The minimum Gasteiger partial charge on any atom is -0.361 e. The first-order valence-corrected chi connectivity index (χ1v) is 10.9. The van der Waals surface area contributed by atoms with Gasteiger partial charge >= 0.3 is 0 Å².